The first kappa shape index (κ1) is 19.5. The zero-order valence-corrected chi connectivity index (χ0v) is 17.6. The van der Waals surface area contributed by atoms with Crippen LogP contribution in [-0.4, -0.2) is 58.4 Å². The summed E-state index contributed by atoms with van der Waals surface area (Å²) in [5.74, 6) is 0.997. The summed E-state index contributed by atoms with van der Waals surface area (Å²) in [4.78, 5) is 21.4. The topological polar surface area (TPSA) is 72.2 Å². The highest BCUT2D eigenvalue weighted by atomic mass is 19.1. The number of halogens is 1. The van der Waals surface area contributed by atoms with Crippen LogP contribution in [0.3, 0.4) is 0 Å². The quantitative estimate of drug-likeness (QED) is 0.482. The van der Waals surface area contributed by atoms with Gasteiger partial charge in [0.1, 0.15) is 11.4 Å². The van der Waals surface area contributed by atoms with Crippen molar-refractivity contribution in [3.8, 4) is 22.8 Å². The maximum atomic E-state index is 14.1. The van der Waals surface area contributed by atoms with Crippen LogP contribution < -0.4 is 14.4 Å². The molecule has 0 spiro atoms. The van der Waals surface area contributed by atoms with Gasteiger partial charge in [0.25, 0.3) is 5.91 Å². The van der Waals surface area contributed by atoms with Crippen LogP contribution in [0.2, 0.25) is 0 Å². The fraction of sp³-hybridized carbons (Fsp3) is 0.208. The van der Waals surface area contributed by atoms with Crippen LogP contribution in [0.5, 0.6) is 11.5 Å². The molecule has 2 aromatic heterocycles. The van der Waals surface area contributed by atoms with E-state index < -0.39 is 0 Å². The predicted octanol–water partition coefficient (Wildman–Crippen LogP) is 3.23. The Balaban J connectivity index is 1.25. The van der Waals surface area contributed by atoms with E-state index >= 15 is 0 Å². The van der Waals surface area contributed by atoms with Crippen molar-refractivity contribution in [2.24, 2.45) is 0 Å². The molecule has 166 valence electrons. The average Bonchev–Trinajstić information content (AvgIpc) is 3.50. The molecule has 0 radical (unpaired) electrons. The van der Waals surface area contributed by atoms with Crippen LogP contribution in [0.1, 0.15) is 10.4 Å². The number of nitrogens with zero attached hydrogens (tertiary/aromatic N) is 5. The second-order valence-corrected chi connectivity index (χ2v) is 7.92. The minimum atomic E-state index is -0.250. The number of hydrogen-bond donors (Lipinski definition) is 0. The summed E-state index contributed by atoms with van der Waals surface area (Å²) in [7, 11) is 0. The molecule has 33 heavy (non-hydrogen) atoms. The monoisotopic (exact) mass is 445 g/mol. The first-order valence-corrected chi connectivity index (χ1v) is 10.7. The maximum Gasteiger partial charge on any atom is 0.259 e. The van der Waals surface area contributed by atoms with E-state index in [9.17, 15) is 9.18 Å². The van der Waals surface area contributed by atoms with E-state index in [0.29, 0.717) is 54.6 Å². The van der Waals surface area contributed by atoms with Gasteiger partial charge in [0, 0.05) is 37.9 Å². The highest BCUT2D eigenvalue weighted by Crippen LogP contribution is 2.36. The molecule has 9 heteroatoms. The Morgan fingerprint density at radius 2 is 1.79 bits per heavy atom. The zero-order valence-electron chi connectivity index (χ0n) is 17.6. The minimum absolute atomic E-state index is 0.131. The number of hydrogen-bond acceptors (Lipinski definition) is 6. The van der Waals surface area contributed by atoms with Gasteiger partial charge in [-0.3, -0.25) is 4.79 Å². The molecular weight excluding hydrogens is 425 g/mol. The van der Waals surface area contributed by atoms with Gasteiger partial charge in [0.15, 0.2) is 17.1 Å². The number of aromatic nitrogens is 3. The Labute approximate surface area is 188 Å². The van der Waals surface area contributed by atoms with Crippen LogP contribution in [0, 0.1) is 5.82 Å². The first-order chi connectivity index (χ1) is 16.2. The molecule has 1 saturated heterocycles. The molecular formula is C24H20FN5O3. The molecule has 6 rings (SSSR count). The van der Waals surface area contributed by atoms with Crippen molar-refractivity contribution in [2.75, 3.05) is 37.9 Å². The summed E-state index contributed by atoms with van der Waals surface area (Å²) < 4.78 is 26.7. The summed E-state index contributed by atoms with van der Waals surface area (Å²) >= 11 is 0. The highest BCUT2D eigenvalue weighted by molar-refractivity contribution is 6.00. The lowest BCUT2D eigenvalue weighted by atomic mass is 10.1. The van der Waals surface area contributed by atoms with Gasteiger partial charge in [-0.2, -0.15) is 5.10 Å². The van der Waals surface area contributed by atoms with Crippen molar-refractivity contribution in [3.63, 3.8) is 0 Å². The molecule has 1 amide bonds. The number of benzene rings is 2. The van der Waals surface area contributed by atoms with Crippen molar-refractivity contribution in [1.82, 2.24) is 19.5 Å². The SMILES string of the molecule is O=C(c1cnn2c(-c3ccc4c(c3)OCO4)ccnc12)N1CCN(c2ccccc2F)CC1. The summed E-state index contributed by atoms with van der Waals surface area (Å²) in [6, 6.07) is 14.2. The average molecular weight is 445 g/mol. The van der Waals surface area contributed by atoms with Gasteiger partial charge < -0.3 is 19.3 Å². The van der Waals surface area contributed by atoms with E-state index in [-0.39, 0.29) is 18.5 Å². The van der Waals surface area contributed by atoms with Crippen molar-refractivity contribution in [3.05, 3.63) is 72.3 Å². The summed E-state index contributed by atoms with van der Waals surface area (Å²) in [5, 5.41) is 4.45. The van der Waals surface area contributed by atoms with E-state index in [0.717, 1.165) is 11.3 Å². The van der Waals surface area contributed by atoms with Crippen LogP contribution >= 0.6 is 0 Å². The highest BCUT2D eigenvalue weighted by Gasteiger charge is 2.26. The molecule has 0 saturated carbocycles. The fourth-order valence-electron chi connectivity index (χ4n) is 4.35. The number of para-hydroxylation sites is 1. The Morgan fingerprint density at radius 3 is 2.64 bits per heavy atom. The zero-order chi connectivity index (χ0) is 22.4. The van der Waals surface area contributed by atoms with Gasteiger partial charge in [-0.1, -0.05) is 12.1 Å². The number of fused-ring (bicyclic) bond motifs is 2. The number of ether oxygens (including phenoxy) is 2. The van der Waals surface area contributed by atoms with Crippen molar-refractivity contribution in [2.45, 2.75) is 0 Å². The van der Waals surface area contributed by atoms with Gasteiger partial charge in [-0.25, -0.2) is 13.9 Å². The van der Waals surface area contributed by atoms with Crippen molar-refractivity contribution in [1.29, 1.82) is 0 Å². The molecule has 0 unspecified atom stereocenters. The van der Waals surface area contributed by atoms with E-state index in [4.69, 9.17) is 9.47 Å². The van der Waals surface area contributed by atoms with Gasteiger partial charge >= 0.3 is 0 Å². The predicted molar refractivity (Wildman–Crippen MR) is 119 cm³/mol. The van der Waals surface area contributed by atoms with E-state index in [1.54, 1.807) is 33.9 Å². The number of piperazine rings is 1. The Morgan fingerprint density at radius 1 is 0.970 bits per heavy atom. The molecule has 2 aliphatic heterocycles. The lowest BCUT2D eigenvalue weighted by Crippen LogP contribution is -2.49. The lowest BCUT2D eigenvalue weighted by molar-refractivity contribution is 0.0748. The molecule has 0 aliphatic carbocycles. The van der Waals surface area contributed by atoms with Gasteiger partial charge in [-0.15, -0.1) is 0 Å². The van der Waals surface area contributed by atoms with Crippen molar-refractivity contribution < 1.29 is 18.7 Å². The Hall–Kier alpha value is -4.14. The van der Waals surface area contributed by atoms with Crippen LogP contribution in [0.25, 0.3) is 16.9 Å². The largest absolute Gasteiger partial charge is 0.454 e. The molecule has 2 aliphatic rings. The summed E-state index contributed by atoms with van der Waals surface area (Å²) in [5.41, 5.74) is 3.17. The first-order valence-electron chi connectivity index (χ1n) is 10.7. The smallest absolute Gasteiger partial charge is 0.259 e. The van der Waals surface area contributed by atoms with Crippen LogP contribution in [-0.2, 0) is 0 Å². The van der Waals surface area contributed by atoms with Crippen LogP contribution in [0.4, 0.5) is 10.1 Å². The van der Waals surface area contributed by atoms with E-state index in [1.807, 2.05) is 35.2 Å². The Kier molecular flexibility index (Phi) is 4.60. The second kappa shape index (κ2) is 7.77. The third-order valence-electron chi connectivity index (χ3n) is 6.06. The standard InChI is InChI=1S/C24H20FN5O3/c25-18-3-1-2-4-20(18)28-9-11-29(12-10-28)24(31)17-14-27-30-19(7-8-26-23(17)30)16-5-6-21-22(13-16)33-15-32-21/h1-8,13-14H,9-12,15H2. The molecule has 8 nitrogen and oxygen atoms in total. The molecule has 4 heterocycles. The number of rotatable bonds is 3. The van der Waals surface area contributed by atoms with Gasteiger partial charge in [0.05, 0.1) is 17.6 Å². The number of carbonyl (C=O) groups excluding carboxylic acids is 1. The fourth-order valence-corrected chi connectivity index (χ4v) is 4.35. The molecule has 0 bridgehead atoms. The van der Waals surface area contributed by atoms with Gasteiger partial charge in [0.2, 0.25) is 6.79 Å². The third kappa shape index (κ3) is 3.32. The third-order valence-corrected chi connectivity index (χ3v) is 6.06. The lowest BCUT2D eigenvalue weighted by Gasteiger charge is -2.36. The van der Waals surface area contributed by atoms with Crippen LogP contribution in [0.15, 0.2) is 60.9 Å². The number of amides is 1. The summed E-state index contributed by atoms with van der Waals surface area (Å²) in [6.45, 7) is 2.30. The normalized spacial score (nSPS) is 15.3. The number of anilines is 1. The van der Waals surface area contributed by atoms with Gasteiger partial charge in [-0.05, 0) is 36.4 Å². The Bertz CT molecular complexity index is 1360. The van der Waals surface area contributed by atoms with E-state index in [1.165, 1.54) is 6.07 Å². The maximum absolute atomic E-state index is 14.1. The second-order valence-electron chi connectivity index (χ2n) is 7.92. The molecule has 2 aromatic carbocycles. The molecule has 0 atom stereocenters. The summed E-state index contributed by atoms with van der Waals surface area (Å²) in [6.07, 6.45) is 3.23. The molecule has 1 fully saturated rings. The van der Waals surface area contributed by atoms with E-state index in [2.05, 4.69) is 10.1 Å². The molecule has 4 aromatic rings. The molecule has 0 N–H and O–H groups in total. The minimum Gasteiger partial charge on any atom is -0.454 e. The number of carbonyl (C=O) groups is 1. The van der Waals surface area contributed by atoms with Crippen molar-refractivity contribution >= 4 is 17.2 Å².